The van der Waals surface area contributed by atoms with Crippen LogP contribution in [0.2, 0.25) is 5.02 Å². The fourth-order valence-electron chi connectivity index (χ4n) is 3.57. The molecule has 3 rings (SSSR count). The van der Waals surface area contributed by atoms with Gasteiger partial charge in [-0.1, -0.05) is 66.2 Å². The van der Waals surface area contributed by atoms with Crippen LogP contribution in [0.5, 0.6) is 5.75 Å². The Morgan fingerprint density at radius 2 is 1.60 bits per heavy atom. The molecule has 0 aliphatic heterocycles. The lowest BCUT2D eigenvalue weighted by Crippen LogP contribution is -2.48. The van der Waals surface area contributed by atoms with E-state index in [2.05, 4.69) is 34.9 Å². The van der Waals surface area contributed by atoms with Gasteiger partial charge < -0.3 is 21.1 Å². The van der Waals surface area contributed by atoms with Crippen LogP contribution < -0.4 is 21.1 Å². The second-order valence-corrected chi connectivity index (χ2v) is 9.19. The summed E-state index contributed by atoms with van der Waals surface area (Å²) in [6.45, 7) is 5.68. The lowest BCUT2D eigenvalue weighted by molar-refractivity contribution is -0.122. The van der Waals surface area contributed by atoms with E-state index in [0.29, 0.717) is 22.8 Å². The van der Waals surface area contributed by atoms with Gasteiger partial charge >= 0.3 is 0 Å². The minimum Gasteiger partial charge on any atom is -0.489 e. The molecule has 4 N–H and O–H groups in total. The number of nitrogens with one attached hydrogen (secondary N) is 2. The molecule has 0 unspecified atom stereocenters. The molecule has 0 fully saturated rings. The van der Waals surface area contributed by atoms with Crippen molar-refractivity contribution in [3.05, 3.63) is 88.9 Å². The summed E-state index contributed by atoms with van der Waals surface area (Å²) >= 11 is 6.31. The minimum atomic E-state index is -0.635. The molecular formula is C28H32ClN3O3. The summed E-state index contributed by atoms with van der Waals surface area (Å²) in [6.07, 6.45) is 0.501. The molecule has 0 bridgehead atoms. The molecule has 0 radical (unpaired) electrons. The molecule has 0 spiro atoms. The summed E-state index contributed by atoms with van der Waals surface area (Å²) < 4.78 is 5.65. The fourth-order valence-corrected chi connectivity index (χ4v) is 3.79. The van der Waals surface area contributed by atoms with Crippen molar-refractivity contribution in [3.63, 3.8) is 0 Å². The van der Waals surface area contributed by atoms with Crippen LogP contribution in [0.3, 0.4) is 0 Å². The Morgan fingerprint density at radius 1 is 0.943 bits per heavy atom. The molecule has 0 saturated carbocycles. The summed E-state index contributed by atoms with van der Waals surface area (Å²) in [6, 6.07) is 22.2. The smallest absolute Gasteiger partial charge is 0.251 e. The van der Waals surface area contributed by atoms with Crippen LogP contribution in [0.1, 0.15) is 36.7 Å². The SMILES string of the molecule is CC(C)Oc1ccc(C(=O)N[C@H](CNC(=O)[C@@H](C)N)Cc2ccc(-c3ccccc3)cc2)cc1Cl. The van der Waals surface area contributed by atoms with Gasteiger partial charge in [0.25, 0.3) is 5.91 Å². The Kier molecular flexibility index (Phi) is 9.29. The topological polar surface area (TPSA) is 93.5 Å². The van der Waals surface area contributed by atoms with E-state index >= 15 is 0 Å². The van der Waals surface area contributed by atoms with Crippen LogP contribution in [-0.2, 0) is 11.2 Å². The summed E-state index contributed by atoms with van der Waals surface area (Å²) in [7, 11) is 0. The van der Waals surface area contributed by atoms with Gasteiger partial charge in [-0.2, -0.15) is 0 Å². The highest BCUT2D eigenvalue weighted by Crippen LogP contribution is 2.26. The fraction of sp³-hybridized carbons (Fsp3) is 0.286. The van der Waals surface area contributed by atoms with E-state index in [-0.39, 0.29) is 30.5 Å². The van der Waals surface area contributed by atoms with Crippen LogP contribution in [-0.4, -0.2) is 36.5 Å². The van der Waals surface area contributed by atoms with E-state index in [0.717, 1.165) is 16.7 Å². The van der Waals surface area contributed by atoms with Gasteiger partial charge in [0.1, 0.15) is 5.75 Å². The van der Waals surface area contributed by atoms with Crippen molar-refractivity contribution in [2.75, 3.05) is 6.54 Å². The Labute approximate surface area is 211 Å². The lowest BCUT2D eigenvalue weighted by atomic mass is 10.0. The largest absolute Gasteiger partial charge is 0.489 e. The number of carbonyl (C=O) groups excluding carboxylic acids is 2. The zero-order valence-electron chi connectivity index (χ0n) is 20.3. The third kappa shape index (κ3) is 7.84. The number of nitrogens with two attached hydrogens (primary N) is 1. The maximum atomic E-state index is 13.0. The first kappa shape index (κ1) is 26.3. The highest BCUT2D eigenvalue weighted by molar-refractivity contribution is 6.32. The standard InChI is InChI=1S/C28H32ClN3O3/c1-18(2)35-26-14-13-23(16-25(26)29)28(34)32-24(17-31-27(33)19(3)30)15-20-9-11-22(12-10-20)21-7-5-4-6-8-21/h4-14,16,18-19,24H,15,17,30H2,1-3H3,(H,31,33)(H,32,34)/t19-,24+/m1/s1. The number of amides is 2. The predicted molar refractivity (Wildman–Crippen MR) is 141 cm³/mol. The first-order valence-corrected chi connectivity index (χ1v) is 12.1. The lowest BCUT2D eigenvalue weighted by Gasteiger charge is -2.21. The van der Waals surface area contributed by atoms with E-state index < -0.39 is 6.04 Å². The van der Waals surface area contributed by atoms with E-state index in [1.807, 2.05) is 44.2 Å². The molecule has 0 saturated heterocycles. The van der Waals surface area contributed by atoms with Gasteiger partial charge in [-0.15, -0.1) is 0 Å². The van der Waals surface area contributed by atoms with Crippen LogP contribution in [0, 0.1) is 0 Å². The van der Waals surface area contributed by atoms with E-state index in [1.54, 1.807) is 25.1 Å². The number of carbonyl (C=O) groups is 2. The van der Waals surface area contributed by atoms with Crippen molar-refractivity contribution < 1.29 is 14.3 Å². The van der Waals surface area contributed by atoms with E-state index in [1.165, 1.54) is 0 Å². The van der Waals surface area contributed by atoms with Crippen molar-refractivity contribution in [2.24, 2.45) is 5.73 Å². The van der Waals surface area contributed by atoms with Crippen LogP contribution in [0.4, 0.5) is 0 Å². The molecule has 7 heteroatoms. The molecule has 0 aliphatic carbocycles. The number of halogens is 1. The summed E-state index contributed by atoms with van der Waals surface area (Å²) in [5.41, 5.74) is 9.36. The average molecular weight is 494 g/mol. The molecule has 35 heavy (non-hydrogen) atoms. The third-order valence-corrected chi connectivity index (χ3v) is 5.67. The number of rotatable bonds is 10. The zero-order chi connectivity index (χ0) is 25.4. The molecular weight excluding hydrogens is 462 g/mol. The summed E-state index contributed by atoms with van der Waals surface area (Å²) in [5.74, 6) is -0.0386. The van der Waals surface area contributed by atoms with E-state index in [9.17, 15) is 9.59 Å². The number of hydrogen-bond acceptors (Lipinski definition) is 4. The van der Waals surface area contributed by atoms with Gasteiger partial charge in [0.2, 0.25) is 5.91 Å². The van der Waals surface area contributed by atoms with Gasteiger partial charge in [0, 0.05) is 12.1 Å². The minimum absolute atomic E-state index is 0.0293. The molecule has 2 atom stereocenters. The first-order chi connectivity index (χ1) is 16.7. The summed E-state index contributed by atoms with van der Waals surface area (Å²) in [5, 5.41) is 6.20. The van der Waals surface area contributed by atoms with Gasteiger partial charge in [-0.3, -0.25) is 9.59 Å². The molecule has 184 valence electrons. The van der Waals surface area contributed by atoms with Crippen molar-refractivity contribution >= 4 is 23.4 Å². The normalized spacial score (nSPS) is 12.6. The molecule has 0 aromatic heterocycles. The Hall–Kier alpha value is -3.35. The maximum absolute atomic E-state index is 13.0. The monoisotopic (exact) mass is 493 g/mol. The molecule has 3 aromatic rings. The first-order valence-electron chi connectivity index (χ1n) is 11.7. The van der Waals surface area contributed by atoms with Crippen molar-refractivity contribution in [1.82, 2.24) is 10.6 Å². The predicted octanol–water partition coefficient (Wildman–Crippen LogP) is 4.60. The maximum Gasteiger partial charge on any atom is 0.251 e. The van der Waals surface area contributed by atoms with Gasteiger partial charge in [0.05, 0.1) is 23.2 Å². The number of hydrogen-bond donors (Lipinski definition) is 3. The third-order valence-electron chi connectivity index (χ3n) is 5.37. The van der Waals surface area contributed by atoms with Gasteiger partial charge in [-0.25, -0.2) is 0 Å². The van der Waals surface area contributed by atoms with Crippen LogP contribution in [0.25, 0.3) is 11.1 Å². The van der Waals surface area contributed by atoms with Crippen molar-refractivity contribution in [3.8, 4) is 16.9 Å². The average Bonchev–Trinajstić information content (AvgIpc) is 2.84. The van der Waals surface area contributed by atoms with Gasteiger partial charge in [-0.05, 0) is 62.1 Å². The Bertz CT molecular complexity index is 1130. The van der Waals surface area contributed by atoms with Crippen molar-refractivity contribution in [1.29, 1.82) is 0 Å². The van der Waals surface area contributed by atoms with Crippen molar-refractivity contribution in [2.45, 2.75) is 45.4 Å². The molecule has 0 heterocycles. The highest BCUT2D eigenvalue weighted by atomic mass is 35.5. The second kappa shape index (κ2) is 12.4. The van der Waals surface area contributed by atoms with Crippen LogP contribution >= 0.6 is 11.6 Å². The zero-order valence-corrected chi connectivity index (χ0v) is 21.0. The molecule has 0 aliphatic rings. The van der Waals surface area contributed by atoms with Crippen LogP contribution in [0.15, 0.2) is 72.8 Å². The molecule has 6 nitrogen and oxygen atoms in total. The Balaban J connectivity index is 1.73. The number of ether oxygens (including phenoxy) is 1. The van der Waals surface area contributed by atoms with E-state index in [4.69, 9.17) is 22.1 Å². The number of benzene rings is 3. The molecule has 3 aromatic carbocycles. The highest BCUT2D eigenvalue weighted by Gasteiger charge is 2.18. The second-order valence-electron chi connectivity index (χ2n) is 8.78. The summed E-state index contributed by atoms with van der Waals surface area (Å²) in [4.78, 5) is 25.0. The van der Waals surface area contributed by atoms with Gasteiger partial charge in [0.15, 0.2) is 0 Å². The quantitative estimate of drug-likeness (QED) is 0.385. The molecule has 2 amide bonds. The Morgan fingerprint density at radius 3 is 2.20 bits per heavy atom.